The Morgan fingerprint density at radius 2 is 1.92 bits per heavy atom. The van der Waals surface area contributed by atoms with Crippen LogP contribution in [0.3, 0.4) is 0 Å². The van der Waals surface area contributed by atoms with Crippen LogP contribution in [-0.2, 0) is 14.8 Å². The molecule has 1 aromatic carbocycles. The van der Waals surface area contributed by atoms with Gasteiger partial charge in [0.05, 0.1) is 11.0 Å². The van der Waals surface area contributed by atoms with E-state index in [0.717, 1.165) is 4.90 Å². The summed E-state index contributed by atoms with van der Waals surface area (Å²) in [5.74, 6) is 0.216. The lowest BCUT2D eigenvalue weighted by Crippen LogP contribution is -2.48. The van der Waals surface area contributed by atoms with Gasteiger partial charge in [-0.15, -0.1) is 11.8 Å². The molecule has 2 rings (SSSR count). The molecule has 0 saturated carbocycles. The SMILES string of the molecule is CCCS(=O)(=O)N1CCC(NC(=O)C(C)Sc2ccccc2)CC1. The van der Waals surface area contributed by atoms with Crippen LogP contribution in [0.15, 0.2) is 35.2 Å². The molecule has 0 aliphatic carbocycles. The molecule has 1 aromatic rings. The maximum absolute atomic E-state index is 12.3. The minimum absolute atomic E-state index is 0.0127. The molecule has 1 heterocycles. The largest absolute Gasteiger partial charge is 0.352 e. The van der Waals surface area contributed by atoms with Crippen molar-refractivity contribution in [2.75, 3.05) is 18.8 Å². The fraction of sp³-hybridized carbons (Fsp3) is 0.588. The Morgan fingerprint density at radius 1 is 1.29 bits per heavy atom. The molecule has 7 heteroatoms. The van der Waals surface area contributed by atoms with Crippen LogP contribution in [0.5, 0.6) is 0 Å². The van der Waals surface area contributed by atoms with Crippen LogP contribution in [0.4, 0.5) is 0 Å². The van der Waals surface area contributed by atoms with E-state index in [1.54, 1.807) is 4.31 Å². The van der Waals surface area contributed by atoms with Crippen LogP contribution < -0.4 is 5.32 Å². The highest BCUT2D eigenvalue weighted by Crippen LogP contribution is 2.23. The molecule has 1 N–H and O–H groups in total. The highest BCUT2D eigenvalue weighted by molar-refractivity contribution is 8.00. The number of hydrogen-bond acceptors (Lipinski definition) is 4. The van der Waals surface area contributed by atoms with Crippen molar-refractivity contribution < 1.29 is 13.2 Å². The number of sulfonamides is 1. The van der Waals surface area contributed by atoms with Gasteiger partial charge in [0.1, 0.15) is 0 Å². The average Bonchev–Trinajstić information content (AvgIpc) is 2.56. The first-order valence-electron chi connectivity index (χ1n) is 8.42. The molecule has 0 aromatic heterocycles. The Kier molecular flexibility index (Phi) is 7.13. The zero-order valence-electron chi connectivity index (χ0n) is 14.3. The molecule has 0 bridgehead atoms. The van der Waals surface area contributed by atoms with E-state index in [9.17, 15) is 13.2 Å². The van der Waals surface area contributed by atoms with Crippen molar-refractivity contribution in [2.45, 2.75) is 49.3 Å². The Balaban J connectivity index is 1.80. The molecule has 1 unspecified atom stereocenters. The van der Waals surface area contributed by atoms with Crippen molar-refractivity contribution in [1.82, 2.24) is 9.62 Å². The third-order valence-corrected chi connectivity index (χ3v) is 7.27. The first kappa shape index (κ1) is 19.3. The lowest BCUT2D eigenvalue weighted by molar-refractivity contribution is -0.121. The van der Waals surface area contributed by atoms with E-state index < -0.39 is 10.0 Å². The molecule has 1 saturated heterocycles. The van der Waals surface area contributed by atoms with E-state index in [1.807, 2.05) is 44.2 Å². The Morgan fingerprint density at radius 3 is 2.50 bits per heavy atom. The number of nitrogens with one attached hydrogen (secondary N) is 1. The second kappa shape index (κ2) is 8.87. The highest BCUT2D eigenvalue weighted by Gasteiger charge is 2.28. The monoisotopic (exact) mass is 370 g/mol. The van der Waals surface area contributed by atoms with Gasteiger partial charge in [-0.05, 0) is 38.3 Å². The van der Waals surface area contributed by atoms with Crippen molar-refractivity contribution in [1.29, 1.82) is 0 Å². The van der Waals surface area contributed by atoms with Gasteiger partial charge in [-0.1, -0.05) is 25.1 Å². The van der Waals surface area contributed by atoms with Gasteiger partial charge in [-0.3, -0.25) is 4.79 Å². The minimum atomic E-state index is -3.13. The zero-order valence-corrected chi connectivity index (χ0v) is 15.9. The molecule has 24 heavy (non-hydrogen) atoms. The fourth-order valence-corrected chi connectivity index (χ4v) is 5.18. The van der Waals surface area contributed by atoms with Gasteiger partial charge < -0.3 is 5.32 Å². The van der Waals surface area contributed by atoms with E-state index in [4.69, 9.17) is 0 Å². The number of rotatable bonds is 7. The average molecular weight is 371 g/mol. The number of nitrogens with zero attached hydrogens (tertiary/aromatic N) is 1. The number of amides is 1. The molecule has 0 spiro atoms. The van der Waals surface area contributed by atoms with Gasteiger partial charge in [-0.25, -0.2) is 12.7 Å². The van der Waals surface area contributed by atoms with Gasteiger partial charge >= 0.3 is 0 Å². The van der Waals surface area contributed by atoms with Crippen molar-refractivity contribution in [2.24, 2.45) is 0 Å². The summed E-state index contributed by atoms with van der Waals surface area (Å²) in [7, 11) is -3.13. The summed E-state index contributed by atoms with van der Waals surface area (Å²) < 4.78 is 25.7. The summed E-state index contributed by atoms with van der Waals surface area (Å²) in [6.07, 6.45) is 1.99. The maximum atomic E-state index is 12.3. The summed E-state index contributed by atoms with van der Waals surface area (Å²) in [4.78, 5) is 13.4. The molecule has 5 nitrogen and oxygen atoms in total. The maximum Gasteiger partial charge on any atom is 0.233 e. The predicted molar refractivity (Wildman–Crippen MR) is 98.6 cm³/mol. The lowest BCUT2D eigenvalue weighted by atomic mass is 10.1. The molecule has 0 radical (unpaired) electrons. The molecular formula is C17H26N2O3S2. The third kappa shape index (κ3) is 5.50. The van der Waals surface area contributed by atoms with Crippen LogP contribution in [0, 0.1) is 0 Å². The van der Waals surface area contributed by atoms with Crippen LogP contribution in [0.2, 0.25) is 0 Å². The van der Waals surface area contributed by atoms with Crippen molar-refractivity contribution in [3.8, 4) is 0 Å². The highest BCUT2D eigenvalue weighted by atomic mass is 32.2. The first-order chi connectivity index (χ1) is 11.4. The van der Waals surface area contributed by atoms with E-state index in [0.29, 0.717) is 32.4 Å². The van der Waals surface area contributed by atoms with Crippen LogP contribution in [0.25, 0.3) is 0 Å². The van der Waals surface area contributed by atoms with E-state index in [2.05, 4.69) is 5.32 Å². The molecule has 1 amide bonds. The molecule has 1 atom stereocenters. The topological polar surface area (TPSA) is 66.5 Å². The number of piperidine rings is 1. The van der Waals surface area contributed by atoms with Gasteiger partial charge in [0.25, 0.3) is 0 Å². The molecule has 1 aliphatic rings. The number of thioether (sulfide) groups is 1. The van der Waals surface area contributed by atoms with E-state index in [-0.39, 0.29) is 23.0 Å². The van der Waals surface area contributed by atoms with Crippen molar-refractivity contribution in [3.05, 3.63) is 30.3 Å². The Hall–Kier alpha value is -1.05. The predicted octanol–water partition coefficient (Wildman–Crippen LogP) is 2.49. The molecule has 1 aliphatic heterocycles. The second-order valence-corrected chi connectivity index (χ2v) is 9.57. The Labute approximate surface area is 149 Å². The van der Waals surface area contributed by atoms with Gasteiger partial charge in [0, 0.05) is 24.0 Å². The van der Waals surface area contributed by atoms with Crippen molar-refractivity contribution in [3.63, 3.8) is 0 Å². The summed E-state index contributed by atoms with van der Waals surface area (Å²) >= 11 is 1.53. The molecular weight excluding hydrogens is 344 g/mol. The van der Waals surface area contributed by atoms with Gasteiger partial charge in [-0.2, -0.15) is 0 Å². The van der Waals surface area contributed by atoms with Gasteiger partial charge in [0.2, 0.25) is 15.9 Å². The summed E-state index contributed by atoms with van der Waals surface area (Å²) in [6, 6.07) is 9.91. The quantitative estimate of drug-likeness (QED) is 0.749. The normalized spacial score (nSPS) is 18.2. The number of carbonyl (C=O) groups excluding carboxylic acids is 1. The standard InChI is InChI=1S/C17H26N2O3S2/c1-3-13-24(21,22)19-11-9-15(10-12-19)18-17(20)14(2)23-16-7-5-4-6-8-16/h4-8,14-15H,3,9-13H2,1-2H3,(H,18,20). The van der Waals surface area contributed by atoms with Crippen LogP contribution >= 0.6 is 11.8 Å². The molecule has 134 valence electrons. The third-order valence-electron chi connectivity index (χ3n) is 4.08. The summed E-state index contributed by atoms with van der Waals surface area (Å²) in [5, 5.41) is 2.89. The van der Waals surface area contributed by atoms with E-state index in [1.165, 1.54) is 11.8 Å². The summed E-state index contributed by atoms with van der Waals surface area (Å²) in [5.41, 5.74) is 0. The smallest absolute Gasteiger partial charge is 0.233 e. The van der Waals surface area contributed by atoms with E-state index >= 15 is 0 Å². The summed E-state index contributed by atoms with van der Waals surface area (Å²) in [6.45, 7) is 4.76. The second-order valence-electron chi connectivity index (χ2n) is 6.07. The number of benzene rings is 1. The lowest BCUT2D eigenvalue weighted by Gasteiger charge is -2.32. The van der Waals surface area contributed by atoms with Crippen LogP contribution in [0.1, 0.15) is 33.1 Å². The first-order valence-corrected chi connectivity index (χ1v) is 10.9. The van der Waals surface area contributed by atoms with Crippen molar-refractivity contribution >= 4 is 27.7 Å². The molecule has 1 fully saturated rings. The fourth-order valence-electron chi connectivity index (χ4n) is 2.74. The Bertz CT molecular complexity index is 626. The number of hydrogen-bond donors (Lipinski definition) is 1. The minimum Gasteiger partial charge on any atom is -0.352 e. The zero-order chi connectivity index (χ0) is 17.6. The van der Waals surface area contributed by atoms with Gasteiger partial charge in [0.15, 0.2) is 0 Å². The number of carbonyl (C=O) groups is 1. The van der Waals surface area contributed by atoms with Crippen LogP contribution in [-0.4, -0.2) is 48.8 Å².